The Labute approximate surface area is 206 Å². The first-order valence-corrected chi connectivity index (χ1v) is 11.1. The maximum Gasteiger partial charge on any atom is 0.416 e. The average molecular weight is 502 g/mol. The fraction of sp³-hybridized carbons (Fsp3) is 0.259. The molecule has 0 heterocycles. The molecule has 0 saturated carbocycles. The number of halogens is 3. The summed E-state index contributed by atoms with van der Waals surface area (Å²) in [4.78, 5) is 23.8. The first-order chi connectivity index (χ1) is 16.8. The molecule has 6 nitrogen and oxygen atoms in total. The lowest BCUT2D eigenvalue weighted by Gasteiger charge is -2.23. The van der Waals surface area contributed by atoms with Crippen LogP contribution < -0.4 is 14.8 Å². The van der Waals surface area contributed by atoms with Crippen molar-refractivity contribution in [1.82, 2.24) is 5.32 Å². The lowest BCUT2D eigenvalue weighted by Crippen LogP contribution is -2.38. The SMILES string of the molecule is Cc1cc(Oc2cccc(C(=O)NCCc3ccc(C(F)(F)F)cc3)c2)ccc1OC(C)(C)C(=O)O. The van der Waals surface area contributed by atoms with Crippen molar-refractivity contribution in [3.8, 4) is 17.2 Å². The van der Waals surface area contributed by atoms with Gasteiger partial charge in [-0.15, -0.1) is 0 Å². The molecule has 0 aromatic heterocycles. The van der Waals surface area contributed by atoms with Crippen molar-refractivity contribution in [3.05, 3.63) is 89.0 Å². The number of amides is 1. The molecule has 0 aliphatic heterocycles. The minimum absolute atomic E-state index is 0.253. The minimum Gasteiger partial charge on any atom is -0.478 e. The third-order valence-electron chi connectivity index (χ3n) is 5.34. The van der Waals surface area contributed by atoms with E-state index in [4.69, 9.17) is 9.47 Å². The fourth-order valence-corrected chi connectivity index (χ4v) is 3.24. The zero-order valence-corrected chi connectivity index (χ0v) is 20.0. The number of rotatable bonds is 9. The van der Waals surface area contributed by atoms with Gasteiger partial charge in [0.15, 0.2) is 5.60 Å². The van der Waals surface area contributed by atoms with Crippen LogP contribution in [0.3, 0.4) is 0 Å². The monoisotopic (exact) mass is 501 g/mol. The Morgan fingerprint density at radius 2 is 1.61 bits per heavy atom. The third-order valence-corrected chi connectivity index (χ3v) is 5.34. The summed E-state index contributed by atoms with van der Waals surface area (Å²) in [5.41, 5.74) is -0.385. The number of carboxylic acid groups (broad SMARTS) is 1. The smallest absolute Gasteiger partial charge is 0.416 e. The number of hydrogen-bond acceptors (Lipinski definition) is 4. The number of carbonyl (C=O) groups excluding carboxylic acids is 1. The standard InChI is InChI=1S/C27H26F3NO5/c1-17-15-22(11-12-23(17)36-26(2,3)25(33)34)35-21-6-4-5-19(16-21)24(32)31-14-13-18-7-9-20(10-8-18)27(28,29)30/h4-12,15-16H,13-14H2,1-3H3,(H,31,32)(H,33,34). The van der Waals surface area contributed by atoms with Crippen LogP contribution in [0.1, 0.15) is 40.9 Å². The normalized spacial score (nSPS) is 11.6. The van der Waals surface area contributed by atoms with Gasteiger partial charge in [-0.2, -0.15) is 13.2 Å². The maximum absolute atomic E-state index is 12.7. The van der Waals surface area contributed by atoms with Gasteiger partial charge in [0.1, 0.15) is 17.2 Å². The van der Waals surface area contributed by atoms with Crippen LogP contribution >= 0.6 is 0 Å². The summed E-state index contributed by atoms with van der Waals surface area (Å²) < 4.78 is 49.4. The predicted octanol–water partition coefficient (Wildman–Crippen LogP) is 6.02. The van der Waals surface area contributed by atoms with Gasteiger partial charge in [0, 0.05) is 12.1 Å². The highest BCUT2D eigenvalue weighted by Crippen LogP contribution is 2.30. The van der Waals surface area contributed by atoms with Gasteiger partial charge in [0.25, 0.3) is 5.91 Å². The molecule has 0 atom stereocenters. The maximum atomic E-state index is 12.7. The van der Waals surface area contributed by atoms with Crippen LogP contribution in [0.15, 0.2) is 66.7 Å². The third kappa shape index (κ3) is 7.00. The molecule has 0 aliphatic rings. The zero-order chi connectivity index (χ0) is 26.5. The fourth-order valence-electron chi connectivity index (χ4n) is 3.24. The highest BCUT2D eigenvalue weighted by atomic mass is 19.4. The average Bonchev–Trinajstić information content (AvgIpc) is 2.80. The second-order valence-electron chi connectivity index (χ2n) is 8.68. The van der Waals surface area contributed by atoms with Gasteiger partial charge < -0.3 is 19.9 Å². The number of carbonyl (C=O) groups is 2. The number of alkyl halides is 3. The van der Waals surface area contributed by atoms with Crippen LogP contribution in [0.5, 0.6) is 17.2 Å². The van der Waals surface area contributed by atoms with Crippen molar-refractivity contribution in [1.29, 1.82) is 0 Å². The molecular weight excluding hydrogens is 475 g/mol. The van der Waals surface area contributed by atoms with Crippen LogP contribution in [0.4, 0.5) is 13.2 Å². The van der Waals surface area contributed by atoms with Crippen LogP contribution in [0.2, 0.25) is 0 Å². The Balaban J connectivity index is 1.58. The molecule has 0 fully saturated rings. The van der Waals surface area contributed by atoms with Gasteiger partial charge in [0.2, 0.25) is 0 Å². The Kier molecular flexibility index (Phi) is 7.92. The zero-order valence-electron chi connectivity index (χ0n) is 20.0. The van der Waals surface area contributed by atoms with Gasteiger partial charge in [-0.25, -0.2) is 4.79 Å². The summed E-state index contributed by atoms with van der Waals surface area (Å²) in [6.45, 7) is 4.93. The van der Waals surface area contributed by atoms with E-state index >= 15 is 0 Å². The lowest BCUT2D eigenvalue weighted by atomic mass is 10.1. The van der Waals surface area contributed by atoms with E-state index in [2.05, 4.69) is 5.32 Å². The minimum atomic E-state index is -4.38. The van der Waals surface area contributed by atoms with Gasteiger partial charge in [-0.3, -0.25) is 4.79 Å². The predicted molar refractivity (Wildman–Crippen MR) is 128 cm³/mol. The molecule has 3 rings (SSSR count). The number of ether oxygens (including phenoxy) is 2. The molecule has 190 valence electrons. The summed E-state index contributed by atoms with van der Waals surface area (Å²) in [5.74, 6) is -0.118. The van der Waals surface area contributed by atoms with Gasteiger partial charge in [0.05, 0.1) is 5.56 Å². The van der Waals surface area contributed by atoms with Gasteiger partial charge >= 0.3 is 12.1 Å². The highest BCUT2D eigenvalue weighted by Gasteiger charge is 2.30. The molecule has 2 N–H and O–H groups in total. The van der Waals surface area contributed by atoms with Crippen molar-refractivity contribution in [2.45, 2.75) is 39.0 Å². The molecule has 9 heteroatoms. The molecule has 0 unspecified atom stereocenters. The highest BCUT2D eigenvalue weighted by molar-refractivity contribution is 5.94. The number of hydrogen-bond donors (Lipinski definition) is 2. The Morgan fingerprint density at radius 3 is 2.22 bits per heavy atom. The van der Waals surface area contributed by atoms with Gasteiger partial charge in [-0.05, 0) is 86.8 Å². The van der Waals surface area contributed by atoms with Crippen LogP contribution in [-0.4, -0.2) is 29.1 Å². The van der Waals surface area contributed by atoms with Crippen molar-refractivity contribution >= 4 is 11.9 Å². The van der Waals surface area contributed by atoms with E-state index in [9.17, 15) is 27.9 Å². The number of nitrogens with one attached hydrogen (secondary N) is 1. The van der Waals surface area contributed by atoms with E-state index < -0.39 is 23.3 Å². The summed E-state index contributed by atoms with van der Waals surface area (Å²) >= 11 is 0. The van der Waals surface area contributed by atoms with Crippen LogP contribution in [0, 0.1) is 6.92 Å². The Morgan fingerprint density at radius 1 is 0.944 bits per heavy atom. The van der Waals surface area contributed by atoms with Crippen LogP contribution in [-0.2, 0) is 17.4 Å². The molecule has 0 aliphatic carbocycles. The summed E-state index contributed by atoms with van der Waals surface area (Å²) in [6.07, 6.45) is -4.00. The van der Waals surface area contributed by atoms with E-state index in [-0.39, 0.29) is 12.5 Å². The second kappa shape index (κ2) is 10.7. The largest absolute Gasteiger partial charge is 0.478 e. The molecule has 1 amide bonds. The molecule has 3 aromatic rings. The number of carboxylic acids is 1. The number of aryl methyl sites for hydroxylation is 1. The van der Waals surface area contributed by atoms with E-state index in [0.717, 1.165) is 12.1 Å². The molecule has 0 bridgehead atoms. The van der Waals surface area contributed by atoms with Crippen LogP contribution in [0.25, 0.3) is 0 Å². The van der Waals surface area contributed by atoms with E-state index in [1.165, 1.54) is 26.0 Å². The molecule has 36 heavy (non-hydrogen) atoms. The summed E-state index contributed by atoms with van der Waals surface area (Å²) in [6, 6.07) is 16.3. The summed E-state index contributed by atoms with van der Waals surface area (Å²) in [7, 11) is 0. The number of benzene rings is 3. The summed E-state index contributed by atoms with van der Waals surface area (Å²) in [5, 5.41) is 12.0. The van der Waals surface area contributed by atoms with Crippen molar-refractivity contribution in [2.75, 3.05) is 6.54 Å². The molecule has 0 saturated heterocycles. The molecule has 3 aromatic carbocycles. The molecule has 0 radical (unpaired) electrons. The topological polar surface area (TPSA) is 84.9 Å². The quantitative estimate of drug-likeness (QED) is 0.375. The first-order valence-electron chi connectivity index (χ1n) is 11.1. The van der Waals surface area contributed by atoms with E-state index in [1.54, 1.807) is 49.4 Å². The van der Waals surface area contributed by atoms with Crippen molar-refractivity contribution in [3.63, 3.8) is 0 Å². The second-order valence-corrected chi connectivity index (χ2v) is 8.68. The molecule has 0 spiro atoms. The van der Waals surface area contributed by atoms with E-state index in [0.29, 0.717) is 40.4 Å². The lowest BCUT2D eigenvalue weighted by molar-refractivity contribution is -0.152. The molecular formula is C27H26F3NO5. The Bertz CT molecular complexity index is 1240. The number of aliphatic carboxylic acids is 1. The van der Waals surface area contributed by atoms with E-state index in [1.807, 2.05) is 0 Å². The van der Waals surface area contributed by atoms with Crippen molar-refractivity contribution < 1.29 is 37.3 Å². The Hall–Kier alpha value is -4.01. The van der Waals surface area contributed by atoms with Gasteiger partial charge in [-0.1, -0.05) is 18.2 Å². The first kappa shape index (κ1) is 26.6. The van der Waals surface area contributed by atoms with Crippen molar-refractivity contribution in [2.24, 2.45) is 0 Å².